The molecule has 1 saturated heterocycles. The average molecular weight is 452 g/mol. The predicted octanol–water partition coefficient (Wildman–Crippen LogP) is 3.36. The minimum atomic E-state index is -0.209. The molecule has 0 radical (unpaired) electrons. The lowest BCUT2D eigenvalue weighted by atomic mass is 10.1. The number of aromatic nitrogens is 1. The molecular formula is C25H29N3O5. The average Bonchev–Trinajstić information content (AvgIpc) is 3.12. The minimum absolute atomic E-state index is 0.000958. The summed E-state index contributed by atoms with van der Waals surface area (Å²) in [5.41, 5.74) is 3.24. The Kier molecular flexibility index (Phi) is 5.60. The van der Waals surface area contributed by atoms with Crippen molar-refractivity contribution in [2.75, 3.05) is 25.1 Å². The van der Waals surface area contributed by atoms with E-state index in [1.165, 1.54) is 0 Å². The Hall–Kier alpha value is -3.29. The minimum Gasteiger partial charge on any atom is -0.492 e. The molecule has 0 saturated carbocycles. The maximum absolute atomic E-state index is 13.6. The van der Waals surface area contributed by atoms with Gasteiger partial charge in [-0.3, -0.25) is 9.59 Å². The molecule has 0 unspecified atom stereocenters. The number of aryl methyl sites for hydroxylation is 2. The molecule has 8 heteroatoms. The summed E-state index contributed by atoms with van der Waals surface area (Å²) in [4.78, 5) is 31.5. The molecule has 5 rings (SSSR count). The third-order valence-electron chi connectivity index (χ3n) is 6.21. The highest BCUT2D eigenvalue weighted by molar-refractivity contribution is 6.00. The summed E-state index contributed by atoms with van der Waals surface area (Å²) in [5.74, 6) is 1.85. The van der Waals surface area contributed by atoms with Gasteiger partial charge in [-0.2, -0.15) is 0 Å². The zero-order valence-electron chi connectivity index (χ0n) is 19.2. The van der Waals surface area contributed by atoms with E-state index in [-0.39, 0.29) is 24.0 Å². The van der Waals surface area contributed by atoms with Crippen molar-refractivity contribution in [3.63, 3.8) is 0 Å². The van der Waals surface area contributed by atoms with E-state index in [9.17, 15) is 9.59 Å². The van der Waals surface area contributed by atoms with Gasteiger partial charge in [-0.25, -0.2) is 4.98 Å². The first-order valence-electron chi connectivity index (χ1n) is 11.5. The third kappa shape index (κ3) is 4.34. The Bertz CT molecular complexity index is 1100. The molecule has 2 amide bonds. The van der Waals surface area contributed by atoms with Crippen molar-refractivity contribution in [1.82, 2.24) is 9.88 Å². The lowest BCUT2D eigenvalue weighted by molar-refractivity contribution is -0.116. The number of amides is 2. The second-order valence-electron chi connectivity index (χ2n) is 9.47. The van der Waals surface area contributed by atoms with E-state index < -0.39 is 0 Å². The summed E-state index contributed by atoms with van der Waals surface area (Å²) < 4.78 is 18.2. The number of fused-ring (bicyclic) bond motifs is 3. The standard InChI is InChI=1S/C25H29N3O5/c1-14(2)12-31-20-6-15(3)7-21-24(20)25(30)28-11-18(8-17(28)13-32-21)33-23-9-19-16(10-26-23)4-5-22(29)27-19/h6-7,9-10,14,17-18H,4-5,8,11-13H2,1-3H3,(H,27,29)/t17-,18+/m1/s1. The number of ether oxygens (including phenoxy) is 3. The van der Waals surface area contributed by atoms with Crippen molar-refractivity contribution < 1.29 is 23.8 Å². The van der Waals surface area contributed by atoms with Crippen molar-refractivity contribution in [2.45, 2.75) is 52.2 Å². The van der Waals surface area contributed by atoms with Gasteiger partial charge in [-0.15, -0.1) is 0 Å². The molecular weight excluding hydrogens is 422 g/mol. The van der Waals surface area contributed by atoms with Crippen molar-refractivity contribution in [1.29, 1.82) is 0 Å². The number of hydrogen-bond acceptors (Lipinski definition) is 6. The second kappa shape index (κ2) is 8.57. The van der Waals surface area contributed by atoms with Gasteiger partial charge in [0.25, 0.3) is 5.91 Å². The van der Waals surface area contributed by atoms with Gasteiger partial charge in [-0.05, 0) is 42.5 Å². The monoisotopic (exact) mass is 451 g/mol. The van der Waals surface area contributed by atoms with E-state index in [0.717, 1.165) is 16.8 Å². The molecule has 2 atom stereocenters. The molecule has 8 nitrogen and oxygen atoms in total. The number of anilines is 1. The normalized spacial score (nSPS) is 21.5. The quantitative estimate of drug-likeness (QED) is 0.750. The summed E-state index contributed by atoms with van der Waals surface area (Å²) in [5, 5.41) is 2.87. The van der Waals surface area contributed by atoms with Crippen molar-refractivity contribution in [3.8, 4) is 17.4 Å². The van der Waals surface area contributed by atoms with Crippen LogP contribution in [0.5, 0.6) is 17.4 Å². The topological polar surface area (TPSA) is 90.0 Å². The Morgan fingerprint density at radius 1 is 1.24 bits per heavy atom. The van der Waals surface area contributed by atoms with Crippen LogP contribution in [-0.4, -0.2) is 53.6 Å². The number of carbonyl (C=O) groups is 2. The summed E-state index contributed by atoms with van der Waals surface area (Å²) in [6.07, 6.45) is 3.34. The van der Waals surface area contributed by atoms with E-state index >= 15 is 0 Å². The Morgan fingerprint density at radius 2 is 2.09 bits per heavy atom. The highest BCUT2D eigenvalue weighted by Gasteiger charge is 2.41. The van der Waals surface area contributed by atoms with Crippen LogP contribution >= 0.6 is 0 Å². The predicted molar refractivity (Wildman–Crippen MR) is 122 cm³/mol. The number of nitrogens with one attached hydrogen (secondary N) is 1. The van der Waals surface area contributed by atoms with Crippen LogP contribution in [-0.2, 0) is 11.2 Å². The van der Waals surface area contributed by atoms with Crippen LogP contribution in [0.2, 0.25) is 0 Å². The van der Waals surface area contributed by atoms with Crippen molar-refractivity contribution in [2.24, 2.45) is 5.92 Å². The molecule has 0 spiro atoms. The fourth-order valence-electron chi connectivity index (χ4n) is 4.59. The van der Waals surface area contributed by atoms with Crippen LogP contribution in [0.1, 0.15) is 48.2 Å². The molecule has 1 fully saturated rings. The zero-order chi connectivity index (χ0) is 23.1. The van der Waals surface area contributed by atoms with E-state index in [0.29, 0.717) is 67.9 Å². The SMILES string of the molecule is Cc1cc(OCC(C)C)c2c(c1)OC[C@H]1C[C@H](Oc3cc4c(cn3)CCC(=O)N4)CN1C2=O. The van der Waals surface area contributed by atoms with Gasteiger partial charge in [0.2, 0.25) is 11.8 Å². The Morgan fingerprint density at radius 3 is 2.91 bits per heavy atom. The van der Waals surface area contributed by atoms with Crippen LogP contribution in [0.15, 0.2) is 24.4 Å². The fourth-order valence-corrected chi connectivity index (χ4v) is 4.59. The second-order valence-corrected chi connectivity index (χ2v) is 9.47. The van der Waals surface area contributed by atoms with Crippen LogP contribution in [0, 0.1) is 12.8 Å². The van der Waals surface area contributed by atoms with Gasteiger partial charge >= 0.3 is 0 Å². The molecule has 1 N–H and O–H groups in total. The molecule has 4 heterocycles. The summed E-state index contributed by atoms with van der Waals surface area (Å²) >= 11 is 0. The molecule has 3 aliphatic rings. The first kappa shape index (κ1) is 21.6. The maximum Gasteiger partial charge on any atom is 0.261 e. The summed E-state index contributed by atoms with van der Waals surface area (Å²) in [6, 6.07) is 5.48. The largest absolute Gasteiger partial charge is 0.492 e. The van der Waals surface area contributed by atoms with Gasteiger partial charge in [-0.1, -0.05) is 13.8 Å². The third-order valence-corrected chi connectivity index (χ3v) is 6.21. The van der Waals surface area contributed by atoms with Gasteiger partial charge in [0.15, 0.2) is 0 Å². The number of nitrogens with zero attached hydrogens (tertiary/aromatic N) is 2. The molecule has 33 heavy (non-hydrogen) atoms. The van der Waals surface area contributed by atoms with Crippen LogP contribution in [0.4, 0.5) is 5.69 Å². The number of carbonyl (C=O) groups excluding carboxylic acids is 2. The van der Waals surface area contributed by atoms with Crippen LogP contribution < -0.4 is 19.5 Å². The molecule has 3 aliphatic heterocycles. The van der Waals surface area contributed by atoms with E-state index in [2.05, 4.69) is 24.1 Å². The highest BCUT2D eigenvalue weighted by atomic mass is 16.5. The van der Waals surface area contributed by atoms with Crippen LogP contribution in [0.25, 0.3) is 0 Å². The Balaban J connectivity index is 1.34. The molecule has 0 bridgehead atoms. The molecule has 1 aromatic heterocycles. The van der Waals surface area contributed by atoms with Gasteiger partial charge in [0.1, 0.15) is 29.8 Å². The smallest absolute Gasteiger partial charge is 0.261 e. The highest BCUT2D eigenvalue weighted by Crippen LogP contribution is 2.37. The number of pyridine rings is 1. The lowest BCUT2D eigenvalue weighted by Crippen LogP contribution is -2.37. The van der Waals surface area contributed by atoms with E-state index in [1.807, 2.05) is 24.0 Å². The molecule has 1 aromatic carbocycles. The molecule has 0 aliphatic carbocycles. The van der Waals surface area contributed by atoms with Gasteiger partial charge < -0.3 is 24.4 Å². The van der Waals surface area contributed by atoms with Gasteiger partial charge in [0, 0.05) is 25.1 Å². The van der Waals surface area contributed by atoms with Gasteiger partial charge in [0.05, 0.1) is 24.9 Å². The van der Waals surface area contributed by atoms with Crippen LogP contribution in [0.3, 0.4) is 0 Å². The first-order valence-corrected chi connectivity index (χ1v) is 11.5. The number of benzene rings is 1. The first-order chi connectivity index (χ1) is 15.9. The fraction of sp³-hybridized carbons (Fsp3) is 0.480. The number of rotatable bonds is 5. The lowest BCUT2D eigenvalue weighted by Gasteiger charge is -2.21. The van der Waals surface area contributed by atoms with E-state index in [4.69, 9.17) is 14.2 Å². The van der Waals surface area contributed by atoms with E-state index in [1.54, 1.807) is 12.3 Å². The summed E-state index contributed by atoms with van der Waals surface area (Å²) in [7, 11) is 0. The summed E-state index contributed by atoms with van der Waals surface area (Å²) in [6.45, 7) is 7.49. The maximum atomic E-state index is 13.6. The Labute approximate surface area is 193 Å². The van der Waals surface area contributed by atoms with Crippen molar-refractivity contribution in [3.05, 3.63) is 41.1 Å². The van der Waals surface area contributed by atoms with Crippen molar-refractivity contribution >= 4 is 17.5 Å². The molecule has 174 valence electrons. The zero-order valence-corrected chi connectivity index (χ0v) is 19.2. The molecule has 2 aromatic rings. The number of hydrogen-bond donors (Lipinski definition) is 1.